The van der Waals surface area contributed by atoms with E-state index in [-0.39, 0.29) is 17.3 Å². The third-order valence-electron chi connectivity index (χ3n) is 5.86. The Kier molecular flexibility index (Phi) is 3.53. The van der Waals surface area contributed by atoms with Crippen LogP contribution in [0, 0.1) is 20.9 Å². The van der Waals surface area contributed by atoms with E-state index in [1.165, 1.54) is 18.2 Å². The maximum absolute atomic E-state index is 13.0. The van der Waals surface area contributed by atoms with E-state index < -0.39 is 27.3 Å². The molecule has 1 aromatic carbocycles. The maximum Gasteiger partial charge on any atom is 0.313 e. The van der Waals surface area contributed by atoms with Crippen LogP contribution in [0.15, 0.2) is 22.7 Å². The van der Waals surface area contributed by atoms with Crippen molar-refractivity contribution in [2.75, 3.05) is 5.32 Å². The Bertz CT molecular complexity index is 778. The van der Waals surface area contributed by atoms with E-state index in [9.17, 15) is 19.7 Å². The van der Waals surface area contributed by atoms with Crippen LogP contribution in [0.5, 0.6) is 0 Å². The summed E-state index contributed by atoms with van der Waals surface area (Å²) < 4.78 is 6.03. The Balaban J connectivity index is 1.96. The van der Waals surface area contributed by atoms with Gasteiger partial charge in [0.1, 0.15) is 0 Å². The highest BCUT2D eigenvalue weighted by Crippen LogP contribution is 2.65. The normalized spacial score (nSPS) is 30.1. The van der Waals surface area contributed by atoms with Crippen molar-refractivity contribution in [3.63, 3.8) is 0 Å². The minimum atomic E-state index is -1.26. The molecule has 3 rings (SSSR count). The van der Waals surface area contributed by atoms with Gasteiger partial charge in [0.2, 0.25) is 0 Å². The monoisotopic (exact) mass is 396 g/mol. The van der Waals surface area contributed by atoms with Crippen LogP contribution in [-0.4, -0.2) is 22.4 Å². The Labute approximate surface area is 147 Å². The maximum atomic E-state index is 13.0. The topological polar surface area (TPSA) is 98.5 Å². The highest BCUT2D eigenvalue weighted by molar-refractivity contribution is 9.10. The Morgan fingerprint density at radius 3 is 2.50 bits per heavy atom. The molecule has 1 amide bonds. The van der Waals surface area contributed by atoms with Crippen LogP contribution in [0.3, 0.4) is 0 Å². The molecular weight excluding hydrogens is 380 g/mol. The zero-order valence-electron chi connectivity index (χ0n) is 13.5. The first-order chi connectivity index (χ1) is 11.0. The molecule has 1 aliphatic carbocycles. The number of amides is 1. The Hall–Kier alpha value is -1.96. The number of nitrogens with zero attached hydrogens (tertiary/aromatic N) is 1. The summed E-state index contributed by atoms with van der Waals surface area (Å²) in [6.45, 7) is 5.53. The molecule has 2 fully saturated rings. The van der Waals surface area contributed by atoms with E-state index in [0.717, 1.165) is 0 Å². The molecule has 1 N–H and O–H groups in total. The van der Waals surface area contributed by atoms with E-state index >= 15 is 0 Å². The zero-order chi connectivity index (χ0) is 17.9. The summed E-state index contributed by atoms with van der Waals surface area (Å²) >= 11 is 3.27. The lowest BCUT2D eigenvalue weighted by Gasteiger charge is -2.35. The molecule has 0 radical (unpaired) electrons. The quantitative estimate of drug-likeness (QED) is 0.479. The van der Waals surface area contributed by atoms with Crippen LogP contribution >= 0.6 is 15.9 Å². The van der Waals surface area contributed by atoms with E-state index in [0.29, 0.717) is 17.3 Å². The van der Waals surface area contributed by atoms with Crippen LogP contribution in [0.25, 0.3) is 0 Å². The molecule has 0 aromatic heterocycles. The average Bonchev–Trinajstić information content (AvgIpc) is 2.79. The number of hydrogen-bond acceptors (Lipinski definition) is 5. The third-order valence-corrected chi connectivity index (χ3v) is 6.55. The van der Waals surface area contributed by atoms with E-state index in [1.54, 1.807) is 0 Å². The number of anilines is 1. The number of esters is 1. The van der Waals surface area contributed by atoms with Crippen LogP contribution < -0.4 is 5.32 Å². The molecule has 2 bridgehead atoms. The van der Waals surface area contributed by atoms with Crippen molar-refractivity contribution in [3.05, 3.63) is 32.8 Å². The number of carbonyl (C=O) groups excluding carboxylic acids is 2. The van der Waals surface area contributed by atoms with Gasteiger partial charge in [0.25, 0.3) is 11.6 Å². The summed E-state index contributed by atoms with van der Waals surface area (Å²) in [4.78, 5) is 35.6. The van der Waals surface area contributed by atoms with Gasteiger partial charge in [-0.15, -0.1) is 0 Å². The highest BCUT2D eigenvalue weighted by Gasteiger charge is 2.75. The lowest BCUT2D eigenvalue weighted by Crippen LogP contribution is -2.50. The molecule has 24 heavy (non-hydrogen) atoms. The molecule has 0 unspecified atom stereocenters. The van der Waals surface area contributed by atoms with Gasteiger partial charge in [-0.2, -0.15) is 0 Å². The van der Waals surface area contributed by atoms with Crippen molar-refractivity contribution in [1.29, 1.82) is 0 Å². The predicted octanol–water partition coefficient (Wildman–Crippen LogP) is 3.42. The number of benzene rings is 1. The second-order valence-corrected chi connectivity index (χ2v) is 7.90. The number of nitro benzene ring substituents is 1. The predicted molar refractivity (Wildman–Crippen MR) is 89.4 cm³/mol. The number of fused-ring (bicyclic) bond motifs is 2. The summed E-state index contributed by atoms with van der Waals surface area (Å²) in [5, 5.41) is 13.6. The number of nitro groups is 1. The lowest BCUT2D eigenvalue weighted by atomic mass is 9.66. The Morgan fingerprint density at radius 1 is 1.33 bits per heavy atom. The first-order valence-corrected chi connectivity index (χ1v) is 8.33. The molecule has 1 aromatic rings. The summed E-state index contributed by atoms with van der Waals surface area (Å²) in [5.74, 6) is -0.824. The smallest absolute Gasteiger partial charge is 0.313 e. The fourth-order valence-electron chi connectivity index (χ4n) is 3.69. The van der Waals surface area contributed by atoms with Gasteiger partial charge in [-0.3, -0.25) is 19.7 Å². The summed E-state index contributed by atoms with van der Waals surface area (Å²) in [7, 11) is 0. The van der Waals surface area contributed by atoms with Gasteiger partial charge < -0.3 is 10.1 Å². The number of ether oxygens (including phenoxy) is 1. The average molecular weight is 397 g/mol. The minimum Gasteiger partial charge on any atom is -0.448 e. The summed E-state index contributed by atoms with van der Waals surface area (Å²) in [6, 6.07) is 4.11. The summed E-state index contributed by atoms with van der Waals surface area (Å²) in [5.41, 5.74) is -2.50. The second-order valence-electron chi connectivity index (χ2n) is 7.05. The molecule has 8 heteroatoms. The fourth-order valence-corrected chi connectivity index (χ4v) is 4.04. The zero-order valence-corrected chi connectivity index (χ0v) is 15.1. The van der Waals surface area contributed by atoms with Crippen LogP contribution in [-0.2, 0) is 14.3 Å². The fraction of sp³-hybridized carbons (Fsp3) is 0.500. The van der Waals surface area contributed by atoms with Gasteiger partial charge in [0, 0.05) is 22.0 Å². The minimum absolute atomic E-state index is 0.134. The van der Waals surface area contributed by atoms with Crippen molar-refractivity contribution < 1.29 is 19.2 Å². The van der Waals surface area contributed by atoms with Crippen LogP contribution in [0.1, 0.15) is 33.6 Å². The van der Waals surface area contributed by atoms with Crippen molar-refractivity contribution in [3.8, 4) is 0 Å². The molecule has 2 atom stereocenters. The molecule has 7 nitrogen and oxygen atoms in total. The number of rotatable bonds is 3. The van der Waals surface area contributed by atoms with Crippen LogP contribution in [0.2, 0.25) is 0 Å². The van der Waals surface area contributed by atoms with Gasteiger partial charge in [-0.1, -0.05) is 13.8 Å². The second kappa shape index (κ2) is 5.02. The van der Waals surface area contributed by atoms with Gasteiger partial charge in [0.15, 0.2) is 5.60 Å². The molecule has 1 aliphatic heterocycles. The number of hydrogen-bond donors (Lipinski definition) is 1. The summed E-state index contributed by atoms with van der Waals surface area (Å²) in [6.07, 6.45) is 1.00. The lowest BCUT2D eigenvalue weighted by molar-refractivity contribution is -0.384. The number of carbonyl (C=O) groups is 2. The van der Waals surface area contributed by atoms with E-state index in [4.69, 9.17) is 4.74 Å². The molecule has 0 spiro atoms. The number of non-ortho nitro benzene ring substituents is 1. The molecule has 2 aliphatic rings. The van der Waals surface area contributed by atoms with E-state index in [1.807, 2.05) is 20.8 Å². The first kappa shape index (κ1) is 16.9. The van der Waals surface area contributed by atoms with E-state index in [2.05, 4.69) is 21.2 Å². The van der Waals surface area contributed by atoms with Gasteiger partial charge in [-0.25, -0.2) is 0 Å². The van der Waals surface area contributed by atoms with Crippen molar-refractivity contribution in [2.45, 2.75) is 39.2 Å². The number of halogens is 1. The molecule has 1 heterocycles. The SMILES string of the molecule is CC1(C)[C@@]2(C)CC[C@]1(C(=O)Nc1cc([N+](=O)[O-])ccc1Br)OC2=O. The Morgan fingerprint density at radius 2 is 2.00 bits per heavy atom. The molecular formula is C16H17BrN2O5. The van der Waals surface area contributed by atoms with Gasteiger partial charge in [0.05, 0.1) is 16.0 Å². The van der Waals surface area contributed by atoms with Crippen molar-refractivity contribution in [1.82, 2.24) is 0 Å². The molecule has 1 saturated heterocycles. The largest absolute Gasteiger partial charge is 0.448 e. The standard InChI is InChI=1S/C16H17BrN2O5/c1-14(2)15(3)6-7-16(14,24-13(15)21)12(20)18-11-8-9(19(22)23)4-5-10(11)17/h4-5,8H,6-7H2,1-3H3,(H,18,20)/t15-,16+/m0/s1. The van der Waals surface area contributed by atoms with Crippen LogP contribution in [0.4, 0.5) is 11.4 Å². The molecule has 1 saturated carbocycles. The van der Waals surface area contributed by atoms with Gasteiger partial charge in [-0.05, 0) is 41.8 Å². The van der Waals surface area contributed by atoms with Crippen molar-refractivity contribution >= 4 is 39.2 Å². The molecule has 128 valence electrons. The number of nitrogens with one attached hydrogen (secondary N) is 1. The van der Waals surface area contributed by atoms with Gasteiger partial charge >= 0.3 is 5.97 Å². The van der Waals surface area contributed by atoms with Crippen molar-refractivity contribution in [2.24, 2.45) is 10.8 Å². The highest BCUT2D eigenvalue weighted by atomic mass is 79.9. The third kappa shape index (κ3) is 1.95. The first-order valence-electron chi connectivity index (χ1n) is 7.54.